The van der Waals surface area contributed by atoms with Gasteiger partial charge in [-0.05, 0) is 35.4 Å². The van der Waals surface area contributed by atoms with Crippen LogP contribution < -0.4 is 11.5 Å². The van der Waals surface area contributed by atoms with Crippen molar-refractivity contribution in [1.82, 2.24) is 9.13 Å². The van der Waals surface area contributed by atoms with Crippen LogP contribution in [0.4, 0.5) is 0 Å². The minimum absolute atomic E-state index is 0.386. The van der Waals surface area contributed by atoms with Gasteiger partial charge in [0, 0.05) is 0 Å². The van der Waals surface area contributed by atoms with Crippen LogP contribution in [-0.2, 0) is 13.1 Å². The van der Waals surface area contributed by atoms with Crippen molar-refractivity contribution >= 4 is 22.2 Å². The van der Waals surface area contributed by atoms with Crippen LogP contribution in [0.2, 0.25) is 0 Å². The number of aromatic nitrogens is 2. The van der Waals surface area contributed by atoms with Gasteiger partial charge in [-0.15, -0.1) is 0 Å². The Hall–Kier alpha value is -3.80. The number of para-hydroxylation sites is 4. The molecule has 0 N–H and O–H groups in total. The third-order valence-electron chi connectivity index (χ3n) is 4.82. The Bertz CT molecular complexity index is 1310. The first-order valence-corrected chi connectivity index (χ1v) is 8.93. The maximum atomic E-state index is 12.2. The molecule has 0 atom stereocenters. The Kier molecular flexibility index (Phi) is 3.76. The first kappa shape index (κ1) is 16.4. The van der Waals surface area contributed by atoms with Gasteiger partial charge >= 0.3 is 11.5 Å². The zero-order valence-corrected chi connectivity index (χ0v) is 14.9. The molecular weight excluding hydrogens is 356 g/mol. The van der Waals surface area contributed by atoms with Crippen molar-refractivity contribution in [2.75, 3.05) is 0 Å². The molecule has 138 valence electrons. The highest BCUT2D eigenvalue weighted by Crippen LogP contribution is 2.17. The number of rotatable bonds is 4. The summed E-state index contributed by atoms with van der Waals surface area (Å²) in [5, 5.41) is 0. The summed E-state index contributed by atoms with van der Waals surface area (Å²) in [5.74, 6) is -0.771. The minimum atomic E-state index is -0.386. The Morgan fingerprint density at radius 3 is 1.57 bits per heavy atom. The molecule has 0 amide bonds. The fourth-order valence-electron chi connectivity index (χ4n) is 3.52. The highest BCUT2D eigenvalue weighted by atomic mass is 16.4. The second-order valence-corrected chi connectivity index (χ2v) is 6.66. The first-order chi connectivity index (χ1) is 13.7. The summed E-state index contributed by atoms with van der Waals surface area (Å²) >= 11 is 0. The molecule has 2 heterocycles. The quantitative estimate of drug-likeness (QED) is 0.483. The Labute approximate surface area is 158 Å². The Morgan fingerprint density at radius 2 is 1.07 bits per heavy atom. The molecule has 0 unspecified atom stereocenters. The molecule has 2 aromatic heterocycles. The van der Waals surface area contributed by atoms with Crippen molar-refractivity contribution in [3.8, 4) is 0 Å². The van der Waals surface area contributed by atoms with Crippen molar-refractivity contribution in [3.63, 3.8) is 0 Å². The highest BCUT2D eigenvalue weighted by molar-refractivity contribution is 5.73. The predicted molar refractivity (Wildman–Crippen MR) is 106 cm³/mol. The lowest BCUT2D eigenvalue weighted by Gasteiger charge is -2.07. The summed E-state index contributed by atoms with van der Waals surface area (Å²) in [6.07, 6.45) is 0. The molecule has 0 aliphatic rings. The van der Waals surface area contributed by atoms with E-state index in [-0.39, 0.29) is 11.5 Å². The van der Waals surface area contributed by atoms with E-state index in [1.165, 1.54) is 0 Å². The molecule has 6 heteroatoms. The zero-order chi connectivity index (χ0) is 19.1. The van der Waals surface area contributed by atoms with Crippen LogP contribution in [0.3, 0.4) is 0 Å². The number of hydrogen-bond donors (Lipinski definition) is 0. The third kappa shape index (κ3) is 2.75. The zero-order valence-electron chi connectivity index (χ0n) is 14.9. The van der Waals surface area contributed by atoms with Crippen LogP contribution in [-0.4, -0.2) is 9.13 Å². The Balaban J connectivity index is 1.50. The molecule has 0 aliphatic carbocycles. The van der Waals surface area contributed by atoms with Crippen LogP contribution in [0.5, 0.6) is 0 Å². The molecule has 0 saturated heterocycles. The molecule has 0 fully saturated rings. The van der Waals surface area contributed by atoms with Gasteiger partial charge in [-0.1, -0.05) is 48.5 Å². The molecule has 5 aromatic rings. The molecule has 0 saturated carbocycles. The van der Waals surface area contributed by atoms with Crippen LogP contribution >= 0.6 is 0 Å². The van der Waals surface area contributed by atoms with Gasteiger partial charge in [0.25, 0.3) is 0 Å². The fourth-order valence-corrected chi connectivity index (χ4v) is 3.52. The maximum Gasteiger partial charge on any atom is 0.420 e. The average Bonchev–Trinajstić information content (AvgIpc) is 3.19. The summed E-state index contributed by atoms with van der Waals surface area (Å²) < 4.78 is 13.8. The lowest BCUT2D eigenvalue weighted by Crippen LogP contribution is -2.16. The van der Waals surface area contributed by atoms with E-state index >= 15 is 0 Å². The van der Waals surface area contributed by atoms with Crippen molar-refractivity contribution in [3.05, 3.63) is 105 Å². The van der Waals surface area contributed by atoms with Gasteiger partial charge in [0.1, 0.15) is 0 Å². The van der Waals surface area contributed by atoms with E-state index in [9.17, 15) is 9.59 Å². The summed E-state index contributed by atoms with van der Waals surface area (Å²) in [4.78, 5) is 24.4. The topological polar surface area (TPSA) is 70.3 Å². The maximum absolute atomic E-state index is 12.2. The van der Waals surface area contributed by atoms with Crippen molar-refractivity contribution in [2.45, 2.75) is 13.1 Å². The van der Waals surface area contributed by atoms with Crippen LogP contribution in [0, 0.1) is 0 Å². The monoisotopic (exact) mass is 372 g/mol. The molecule has 3 aromatic carbocycles. The minimum Gasteiger partial charge on any atom is -0.408 e. The summed E-state index contributed by atoms with van der Waals surface area (Å²) in [6.45, 7) is 0.787. The van der Waals surface area contributed by atoms with E-state index < -0.39 is 0 Å². The van der Waals surface area contributed by atoms with Gasteiger partial charge in [0.15, 0.2) is 11.2 Å². The van der Waals surface area contributed by atoms with Crippen LogP contribution in [0.15, 0.2) is 91.2 Å². The fraction of sp³-hybridized carbons (Fsp3) is 0.0909. The second kappa shape index (κ2) is 6.42. The standard InChI is InChI=1S/C22H16N2O4/c25-21-23(17-8-1-3-10-19(17)27-21)13-15-6-5-7-16(12-15)14-24-18-9-2-4-11-20(18)28-22(24)26/h1-12H,13-14H2. The predicted octanol–water partition coefficient (Wildman–Crippen LogP) is 3.60. The molecule has 0 radical (unpaired) electrons. The molecule has 6 nitrogen and oxygen atoms in total. The number of fused-ring (bicyclic) bond motifs is 2. The number of nitrogens with zero attached hydrogens (tertiary/aromatic N) is 2. The van der Waals surface area contributed by atoms with Gasteiger partial charge in [-0.2, -0.15) is 0 Å². The van der Waals surface area contributed by atoms with Crippen LogP contribution in [0.25, 0.3) is 22.2 Å². The summed E-state index contributed by atoms with van der Waals surface area (Å²) in [5.41, 5.74) is 4.56. The van der Waals surface area contributed by atoms with Crippen molar-refractivity contribution < 1.29 is 8.83 Å². The van der Waals surface area contributed by atoms with E-state index in [0.29, 0.717) is 24.3 Å². The molecule has 0 aliphatic heterocycles. The van der Waals surface area contributed by atoms with Gasteiger partial charge in [0.05, 0.1) is 24.1 Å². The van der Waals surface area contributed by atoms with Crippen molar-refractivity contribution in [2.24, 2.45) is 0 Å². The lowest BCUT2D eigenvalue weighted by atomic mass is 10.1. The van der Waals surface area contributed by atoms with E-state index in [1.807, 2.05) is 60.7 Å². The molecule has 0 bridgehead atoms. The molecule has 28 heavy (non-hydrogen) atoms. The largest absolute Gasteiger partial charge is 0.420 e. The average molecular weight is 372 g/mol. The van der Waals surface area contributed by atoms with Gasteiger partial charge in [-0.3, -0.25) is 9.13 Å². The lowest BCUT2D eigenvalue weighted by molar-refractivity contribution is 0.516. The number of benzene rings is 3. The van der Waals surface area contributed by atoms with E-state index in [4.69, 9.17) is 8.83 Å². The van der Waals surface area contributed by atoms with E-state index in [0.717, 1.165) is 22.2 Å². The number of hydrogen-bond acceptors (Lipinski definition) is 4. The molecule has 5 rings (SSSR count). The van der Waals surface area contributed by atoms with Gasteiger partial charge in [0.2, 0.25) is 0 Å². The molecule has 0 spiro atoms. The van der Waals surface area contributed by atoms with Crippen molar-refractivity contribution in [1.29, 1.82) is 0 Å². The molecular formula is C22H16N2O4. The Morgan fingerprint density at radius 1 is 0.607 bits per heavy atom. The third-order valence-corrected chi connectivity index (χ3v) is 4.82. The van der Waals surface area contributed by atoms with Gasteiger partial charge in [-0.25, -0.2) is 9.59 Å². The smallest absolute Gasteiger partial charge is 0.408 e. The summed E-state index contributed by atoms with van der Waals surface area (Å²) in [6, 6.07) is 22.5. The number of oxazole rings is 2. The van der Waals surface area contributed by atoms with E-state index in [2.05, 4.69) is 0 Å². The van der Waals surface area contributed by atoms with Crippen LogP contribution in [0.1, 0.15) is 11.1 Å². The first-order valence-electron chi connectivity index (χ1n) is 8.93. The SMILES string of the molecule is O=c1oc2ccccc2n1Cc1cccc(Cn2c(=O)oc3ccccc32)c1. The van der Waals surface area contributed by atoms with E-state index in [1.54, 1.807) is 21.3 Å². The summed E-state index contributed by atoms with van der Waals surface area (Å²) in [7, 11) is 0. The normalized spacial score (nSPS) is 11.4. The van der Waals surface area contributed by atoms with Gasteiger partial charge < -0.3 is 8.83 Å². The second-order valence-electron chi connectivity index (χ2n) is 6.66. The highest BCUT2D eigenvalue weighted by Gasteiger charge is 2.11.